The van der Waals surface area contributed by atoms with Crippen molar-refractivity contribution in [3.05, 3.63) is 55.1 Å². The first kappa shape index (κ1) is 13.3. The Morgan fingerprint density at radius 2 is 2.16 bits per heavy atom. The van der Waals surface area contributed by atoms with Gasteiger partial charge in [0.2, 0.25) is 0 Å². The van der Waals surface area contributed by atoms with Gasteiger partial charge in [-0.25, -0.2) is 9.67 Å². The van der Waals surface area contributed by atoms with Crippen LogP contribution >= 0.6 is 0 Å². The summed E-state index contributed by atoms with van der Waals surface area (Å²) in [5.74, 6) is 0. The Morgan fingerprint density at radius 1 is 1.37 bits per heavy atom. The Kier molecular flexibility index (Phi) is 4.72. The van der Waals surface area contributed by atoms with Crippen molar-refractivity contribution < 1.29 is 0 Å². The summed E-state index contributed by atoms with van der Waals surface area (Å²) in [5.41, 5.74) is 2.37. The van der Waals surface area contributed by atoms with E-state index in [4.69, 9.17) is 0 Å². The number of hydrogen-bond acceptors (Lipinski definition) is 3. The van der Waals surface area contributed by atoms with Crippen molar-refractivity contribution in [1.82, 2.24) is 14.8 Å². The van der Waals surface area contributed by atoms with Gasteiger partial charge in [-0.05, 0) is 37.5 Å². The van der Waals surface area contributed by atoms with Crippen LogP contribution in [0, 0.1) is 0 Å². The second kappa shape index (κ2) is 6.73. The molecular weight excluding hydrogens is 236 g/mol. The summed E-state index contributed by atoms with van der Waals surface area (Å²) in [6.45, 7) is 6.69. The van der Waals surface area contributed by atoms with Crippen molar-refractivity contribution in [2.45, 2.75) is 32.4 Å². The van der Waals surface area contributed by atoms with Crippen LogP contribution < -0.4 is 5.32 Å². The maximum Gasteiger partial charge on any atom is 0.137 e. The van der Waals surface area contributed by atoms with Gasteiger partial charge in [-0.15, -0.1) is 6.58 Å². The first-order chi connectivity index (χ1) is 9.28. The number of anilines is 1. The van der Waals surface area contributed by atoms with Crippen molar-refractivity contribution >= 4 is 5.69 Å². The predicted octanol–water partition coefficient (Wildman–Crippen LogP) is 3.09. The first-order valence-corrected chi connectivity index (χ1v) is 6.56. The van der Waals surface area contributed by atoms with E-state index < -0.39 is 0 Å². The fraction of sp³-hybridized carbons (Fsp3) is 0.333. The van der Waals surface area contributed by atoms with Gasteiger partial charge in [0.15, 0.2) is 0 Å². The predicted molar refractivity (Wildman–Crippen MR) is 78.1 cm³/mol. The van der Waals surface area contributed by atoms with Crippen LogP contribution in [-0.2, 0) is 6.54 Å². The van der Waals surface area contributed by atoms with E-state index in [0.29, 0.717) is 6.04 Å². The number of benzene rings is 1. The summed E-state index contributed by atoms with van der Waals surface area (Å²) >= 11 is 0. The van der Waals surface area contributed by atoms with Crippen LogP contribution in [0.25, 0.3) is 0 Å². The van der Waals surface area contributed by atoms with Crippen molar-refractivity contribution in [3.63, 3.8) is 0 Å². The van der Waals surface area contributed by atoms with Gasteiger partial charge in [0, 0.05) is 11.7 Å². The maximum atomic E-state index is 4.10. The molecule has 1 N–H and O–H groups in total. The molecule has 2 rings (SSSR count). The lowest BCUT2D eigenvalue weighted by atomic mass is 10.1. The molecule has 1 heterocycles. The fourth-order valence-corrected chi connectivity index (χ4v) is 1.93. The van der Waals surface area contributed by atoms with Crippen LogP contribution in [0.1, 0.15) is 25.3 Å². The zero-order valence-corrected chi connectivity index (χ0v) is 11.3. The van der Waals surface area contributed by atoms with Gasteiger partial charge in [-0.2, -0.15) is 5.10 Å². The van der Waals surface area contributed by atoms with Gasteiger partial charge in [0.25, 0.3) is 0 Å². The van der Waals surface area contributed by atoms with Gasteiger partial charge in [0.05, 0.1) is 6.54 Å². The van der Waals surface area contributed by atoms with Crippen LogP contribution in [0.5, 0.6) is 0 Å². The zero-order chi connectivity index (χ0) is 13.5. The second-order valence-corrected chi connectivity index (χ2v) is 4.70. The fourth-order valence-electron chi connectivity index (χ4n) is 1.93. The highest BCUT2D eigenvalue weighted by Gasteiger charge is 2.01. The third kappa shape index (κ3) is 4.25. The summed E-state index contributed by atoms with van der Waals surface area (Å²) in [7, 11) is 0. The quantitative estimate of drug-likeness (QED) is 0.774. The summed E-state index contributed by atoms with van der Waals surface area (Å²) in [6.07, 6.45) is 7.38. The lowest BCUT2D eigenvalue weighted by Gasteiger charge is -2.14. The van der Waals surface area contributed by atoms with Crippen LogP contribution in [0.3, 0.4) is 0 Å². The highest BCUT2D eigenvalue weighted by Crippen LogP contribution is 2.13. The molecule has 0 amide bonds. The number of rotatable bonds is 7. The van der Waals surface area contributed by atoms with Crippen LogP contribution in [-0.4, -0.2) is 20.8 Å². The topological polar surface area (TPSA) is 42.7 Å². The third-order valence-corrected chi connectivity index (χ3v) is 2.98. The molecule has 0 saturated carbocycles. The van der Waals surface area contributed by atoms with E-state index >= 15 is 0 Å². The first-order valence-electron chi connectivity index (χ1n) is 6.56. The minimum Gasteiger partial charge on any atom is -0.383 e. The molecule has 0 spiro atoms. The van der Waals surface area contributed by atoms with Crippen molar-refractivity contribution in [2.24, 2.45) is 0 Å². The van der Waals surface area contributed by atoms with E-state index in [1.807, 2.05) is 10.8 Å². The van der Waals surface area contributed by atoms with Crippen LogP contribution in [0.4, 0.5) is 5.69 Å². The number of allylic oxidation sites excluding steroid dienone is 1. The molecule has 0 saturated heterocycles. The molecule has 1 aromatic heterocycles. The summed E-state index contributed by atoms with van der Waals surface area (Å²) in [4.78, 5) is 3.94. The van der Waals surface area contributed by atoms with E-state index in [2.05, 4.69) is 53.2 Å². The summed E-state index contributed by atoms with van der Waals surface area (Å²) < 4.78 is 1.81. The van der Waals surface area contributed by atoms with E-state index in [9.17, 15) is 0 Å². The van der Waals surface area contributed by atoms with Crippen molar-refractivity contribution in [3.8, 4) is 0 Å². The van der Waals surface area contributed by atoms with Crippen LogP contribution in [0.15, 0.2) is 49.6 Å². The summed E-state index contributed by atoms with van der Waals surface area (Å²) in [6, 6.07) is 8.90. The molecule has 4 nitrogen and oxygen atoms in total. The summed E-state index contributed by atoms with van der Waals surface area (Å²) in [5, 5.41) is 7.58. The molecule has 0 bridgehead atoms. The number of hydrogen-bond donors (Lipinski definition) is 1. The second-order valence-electron chi connectivity index (χ2n) is 4.70. The van der Waals surface area contributed by atoms with Gasteiger partial charge < -0.3 is 5.32 Å². The Balaban J connectivity index is 1.89. The number of nitrogens with zero attached hydrogens (tertiary/aromatic N) is 3. The molecule has 0 fully saturated rings. The minimum atomic E-state index is 0.458. The molecule has 0 aliphatic rings. The molecular formula is C15H20N4. The van der Waals surface area contributed by atoms with E-state index in [1.54, 1.807) is 12.7 Å². The molecule has 0 radical (unpaired) electrons. The standard InChI is InChI=1S/C15H20N4/c1-3-4-5-13(2)18-15-8-6-14(7-9-15)10-19-12-16-11-17-19/h3,6-9,11-13,18H,1,4-5,10H2,2H3. The molecule has 1 aromatic carbocycles. The average molecular weight is 256 g/mol. The largest absolute Gasteiger partial charge is 0.383 e. The van der Waals surface area contributed by atoms with Gasteiger partial charge in [-0.1, -0.05) is 18.2 Å². The Hall–Kier alpha value is -2.10. The van der Waals surface area contributed by atoms with Crippen molar-refractivity contribution in [1.29, 1.82) is 0 Å². The molecule has 0 aliphatic heterocycles. The van der Waals surface area contributed by atoms with Gasteiger partial charge in [0.1, 0.15) is 12.7 Å². The molecule has 4 heteroatoms. The highest BCUT2D eigenvalue weighted by atomic mass is 15.3. The third-order valence-electron chi connectivity index (χ3n) is 2.98. The molecule has 1 unspecified atom stereocenters. The van der Waals surface area contributed by atoms with Crippen molar-refractivity contribution in [2.75, 3.05) is 5.32 Å². The highest BCUT2D eigenvalue weighted by molar-refractivity contribution is 5.45. The van der Waals surface area contributed by atoms with Crippen LogP contribution in [0.2, 0.25) is 0 Å². The lowest BCUT2D eigenvalue weighted by Crippen LogP contribution is -2.14. The Bertz CT molecular complexity index is 487. The molecule has 100 valence electrons. The Labute approximate surface area is 114 Å². The monoisotopic (exact) mass is 256 g/mol. The van der Waals surface area contributed by atoms with E-state index in [0.717, 1.165) is 25.1 Å². The maximum absolute atomic E-state index is 4.10. The molecule has 19 heavy (non-hydrogen) atoms. The van der Waals surface area contributed by atoms with Gasteiger partial charge in [-0.3, -0.25) is 0 Å². The smallest absolute Gasteiger partial charge is 0.137 e. The molecule has 2 aromatic rings. The zero-order valence-electron chi connectivity index (χ0n) is 11.3. The normalized spacial score (nSPS) is 12.1. The SMILES string of the molecule is C=CCCC(C)Nc1ccc(Cn2cncn2)cc1. The van der Waals surface area contributed by atoms with E-state index in [1.165, 1.54) is 5.56 Å². The minimum absolute atomic E-state index is 0.458. The Morgan fingerprint density at radius 3 is 2.79 bits per heavy atom. The molecule has 0 aliphatic carbocycles. The van der Waals surface area contributed by atoms with E-state index in [-0.39, 0.29) is 0 Å². The van der Waals surface area contributed by atoms with Gasteiger partial charge >= 0.3 is 0 Å². The number of nitrogens with one attached hydrogen (secondary N) is 1. The number of aromatic nitrogens is 3. The average Bonchev–Trinajstić information content (AvgIpc) is 2.91. The molecule has 1 atom stereocenters. The lowest BCUT2D eigenvalue weighted by molar-refractivity contribution is 0.684.